The van der Waals surface area contributed by atoms with E-state index in [0.29, 0.717) is 18.9 Å². The molecule has 17 heavy (non-hydrogen) atoms. The van der Waals surface area contributed by atoms with Gasteiger partial charge in [-0.15, -0.1) is 0 Å². The van der Waals surface area contributed by atoms with Crippen molar-refractivity contribution in [2.75, 3.05) is 32.7 Å². The summed E-state index contributed by atoms with van der Waals surface area (Å²) in [5.41, 5.74) is 0. The second-order valence-electron chi connectivity index (χ2n) is 5.43. The number of alkyl halides is 3. The third-order valence-corrected chi connectivity index (χ3v) is 3.87. The number of nitrogens with one attached hydrogen (secondary N) is 1. The van der Waals surface area contributed by atoms with E-state index in [4.69, 9.17) is 0 Å². The summed E-state index contributed by atoms with van der Waals surface area (Å²) in [7, 11) is 0. The highest BCUT2D eigenvalue weighted by Gasteiger charge is 2.35. The zero-order valence-electron chi connectivity index (χ0n) is 10.1. The first-order valence-corrected chi connectivity index (χ1v) is 6.53. The first-order valence-electron chi connectivity index (χ1n) is 6.53. The molecule has 2 saturated heterocycles. The van der Waals surface area contributed by atoms with E-state index < -0.39 is 12.6 Å². The molecule has 1 N–H and O–H groups in total. The van der Waals surface area contributed by atoms with Crippen molar-refractivity contribution in [2.45, 2.75) is 31.9 Å². The van der Waals surface area contributed by atoms with Crippen LogP contribution in [0.3, 0.4) is 0 Å². The number of nitrogens with zero attached hydrogens (tertiary/aromatic N) is 1. The van der Waals surface area contributed by atoms with E-state index in [-0.39, 0.29) is 5.92 Å². The molecule has 0 amide bonds. The molecule has 0 aliphatic carbocycles. The number of hydrogen-bond donors (Lipinski definition) is 1. The van der Waals surface area contributed by atoms with Gasteiger partial charge in [0.15, 0.2) is 0 Å². The molecule has 0 spiro atoms. The topological polar surface area (TPSA) is 15.3 Å². The van der Waals surface area contributed by atoms with Crippen molar-refractivity contribution in [1.82, 2.24) is 10.2 Å². The van der Waals surface area contributed by atoms with E-state index in [2.05, 4.69) is 10.2 Å². The largest absolute Gasteiger partial charge is 0.389 e. The van der Waals surface area contributed by atoms with Gasteiger partial charge >= 0.3 is 6.18 Å². The Bertz CT molecular complexity index is 236. The fourth-order valence-corrected chi connectivity index (χ4v) is 3.00. The van der Waals surface area contributed by atoms with Gasteiger partial charge in [0, 0.05) is 19.5 Å². The van der Waals surface area contributed by atoms with Crippen LogP contribution in [0.15, 0.2) is 0 Å². The molecule has 2 fully saturated rings. The lowest BCUT2D eigenvalue weighted by molar-refractivity contribution is -0.143. The Morgan fingerprint density at radius 1 is 1.06 bits per heavy atom. The lowest BCUT2D eigenvalue weighted by Gasteiger charge is -2.27. The van der Waals surface area contributed by atoms with Crippen LogP contribution in [0.2, 0.25) is 0 Å². The van der Waals surface area contributed by atoms with Crippen molar-refractivity contribution in [3.8, 4) is 0 Å². The molecule has 2 heterocycles. The number of rotatable bonds is 3. The molecule has 0 bridgehead atoms. The van der Waals surface area contributed by atoms with Crippen LogP contribution in [-0.2, 0) is 0 Å². The molecule has 1 unspecified atom stereocenters. The van der Waals surface area contributed by atoms with Gasteiger partial charge in [0.05, 0.1) is 0 Å². The van der Waals surface area contributed by atoms with Crippen LogP contribution in [0, 0.1) is 11.8 Å². The smallest absolute Gasteiger partial charge is 0.317 e. The van der Waals surface area contributed by atoms with E-state index >= 15 is 0 Å². The van der Waals surface area contributed by atoms with Crippen LogP contribution < -0.4 is 5.32 Å². The average molecular weight is 250 g/mol. The summed E-state index contributed by atoms with van der Waals surface area (Å²) < 4.78 is 36.8. The zero-order chi connectivity index (χ0) is 12.3. The van der Waals surface area contributed by atoms with Crippen LogP contribution in [0.5, 0.6) is 0 Å². The van der Waals surface area contributed by atoms with Crippen LogP contribution in [0.4, 0.5) is 13.2 Å². The molecule has 0 aromatic carbocycles. The second-order valence-corrected chi connectivity index (χ2v) is 5.43. The highest BCUT2D eigenvalue weighted by Crippen LogP contribution is 2.31. The van der Waals surface area contributed by atoms with E-state index in [9.17, 15) is 13.2 Å². The molecule has 2 nitrogen and oxygen atoms in total. The molecule has 2 aliphatic rings. The Morgan fingerprint density at radius 2 is 1.76 bits per heavy atom. The van der Waals surface area contributed by atoms with Crippen LogP contribution >= 0.6 is 0 Å². The van der Waals surface area contributed by atoms with Crippen molar-refractivity contribution < 1.29 is 13.2 Å². The third-order valence-electron chi connectivity index (χ3n) is 3.87. The standard InChI is InChI=1S/C12H21F3N2/c13-12(14,15)7-11-3-6-17(9-11)8-10-1-4-16-5-2-10/h10-11,16H,1-9H2. The summed E-state index contributed by atoms with van der Waals surface area (Å²) in [6, 6.07) is 0. The number of piperidine rings is 1. The molecule has 0 radical (unpaired) electrons. The third kappa shape index (κ3) is 4.47. The fourth-order valence-electron chi connectivity index (χ4n) is 3.00. The average Bonchev–Trinajstić information content (AvgIpc) is 2.64. The minimum atomic E-state index is -3.99. The van der Waals surface area contributed by atoms with Gasteiger partial charge in [-0.3, -0.25) is 0 Å². The fraction of sp³-hybridized carbons (Fsp3) is 1.00. The maximum absolute atomic E-state index is 12.3. The van der Waals surface area contributed by atoms with Gasteiger partial charge in [0.2, 0.25) is 0 Å². The quantitative estimate of drug-likeness (QED) is 0.826. The summed E-state index contributed by atoms with van der Waals surface area (Å²) >= 11 is 0. The summed E-state index contributed by atoms with van der Waals surface area (Å²) in [5.74, 6) is 0.512. The first kappa shape index (κ1) is 13.1. The van der Waals surface area contributed by atoms with Crippen LogP contribution in [-0.4, -0.2) is 43.8 Å². The Labute approximate surface area is 101 Å². The van der Waals surface area contributed by atoms with Gasteiger partial charge in [-0.05, 0) is 50.7 Å². The maximum atomic E-state index is 12.3. The van der Waals surface area contributed by atoms with Gasteiger partial charge in [-0.1, -0.05) is 0 Å². The molecule has 2 rings (SSSR count). The Morgan fingerprint density at radius 3 is 2.41 bits per heavy atom. The van der Waals surface area contributed by atoms with Crippen molar-refractivity contribution in [3.63, 3.8) is 0 Å². The predicted molar refractivity (Wildman–Crippen MR) is 60.8 cm³/mol. The van der Waals surface area contributed by atoms with Gasteiger partial charge < -0.3 is 10.2 Å². The minimum Gasteiger partial charge on any atom is -0.317 e. The molecule has 0 aromatic rings. The van der Waals surface area contributed by atoms with Crippen LogP contribution in [0.25, 0.3) is 0 Å². The Balaban J connectivity index is 1.70. The molecular formula is C12H21F3N2. The number of halogens is 3. The molecule has 1 atom stereocenters. The van der Waals surface area contributed by atoms with Gasteiger partial charge in [-0.25, -0.2) is 0 Å². The van der Waals surface area contributed by atoms with Crippen molar-refractivity contribution in [1.29, 1.82) is 0 Å². The molecule has 0 saturated carbocycles. The van der Waals surface area contributed by atoms with Gasteiger partial charge in [0.25, 0.3) is 0 Å². The molecule has 5 heteroatoms. The monoisotopic (exact) mass is 250 g/mol. The van der Waals surface area contributed by atoms with E-state index in [1.165, 1.54) is 12.8 Å². The summed E-state index contributed by atoms with van der Waals surface area (Å²) in [6.45, 7) is 4.61. The van der Waals surface area contributed by atoms with Crippen molar-refractivity contribution in [3.05, 3.63) is 0 Å². The van der Waals surface area contributed by atoms with Crippen molar-refractivity contribution >= 4 is 0 Å². The van der Waals surface area contributed by atoms with Crippen LogP contribution in [0.1, 0.15) is 25.7 Å². The molecule has 2 aliphatic heterocycles. The lowest BCUT2D eigenvalue weighted by atomic mass is 9.97. The van der Waals surface area contributed by atoms with E-state index in [0.717, 1.165) is 26.2 Å². The summed E-state index contributed by atoms with van der Waals surface area (Å²) in [4.78, 5) is 2.23. The predicted octanol–water partition coefficient (Wildman–Crippen LogP) is 2.26. The lowest BCUT2D eigenvalue weighted by Crippen LogP contribution is -2.35. The van der Waals surface area contributed by atoms with Gasteiger partial charge in [-0.2, -0.15) is 13.2 Å². The Hall–Kier alpha value is -0.290. The maximum Gasteiger partial charge on any atom is 0.389 e. The van der Waals surface area contributed by atoms with E-state index in [1.807, 2.05) is 0 Å². The second kappa shape index (κ2) is 5.57. The number of hydrogen-bond acceptors (Lipinski definition) is 2. The SMILES string of the molecule is FC(F)(F)CC1CCN(CC2CCNCC2)C1. The summed E-state index contributed by atoms with van der Waals surface area (Å²) in [5, 5.41) is 3.31. The number of likely N-dealkylation sites (tertiary alicyclic amines) is 1. The molecule has 100 valence electrons. The first-order chi connectivity index (χ1) is 8.03. The molecule has 0 aromatic heterocycles. The minimum absolute atomic E-state index is 0.170. The molecular weight excluding hydrogens is 229 g/mol. The summed E-state index contributed by atoms with van der Waals surface area (Å²) in [6.07, 6.45) is -1.55. The van der Waals surface area contributed by atoms with Crippen molar-refractivity contribution in [2.24, 2.45) is 11.8 Å². The normalized spacial score (nSPS) is 28.8. The van der Waals surface area contributed by atoms with E-state index in [1.54, 1.807) is 0 Å². The highest BCUT2D eigenvalue weighted by molar-refractivity contribution is 4.80. The Kier molecular flexibility index (Phi) is 4.31. The zero-order valence-corrected chi connectivity index (χ0v) is 10.1. The van der Waals surface area contributed by atoms with Gasteiger partial charge in [0.1, 0.15) is 0 Å². The highest BCUT2D eigenvalue weighted by atomic mass is 19.4.